The summed E-state index contributed by atoms with van der Waals surface area (Å²) in [5, 5.41) is 3.84. The van der Waals surface area contributed by atoms with E-state index in [4.69, 9.17) is 14.2 Å². The van der Waals surface area contributed by atoms with E-state index < -0.39 is 0 Å². The fourth-order valence-electron chi connectivity index (χ4n) is 4.23. The van der Waals surface area contributed by atoms with Crippen LogP contribution < -0.4 is 9.47 Å². The van der Waals surface area contributed by atoms with E-state index in [0.717, 1.165) is 83.2 Å². The summed E-state index contributed by atoms with van der Waals surface area (Å²) in [6, 6.07) is 4.03. The lowest BCUT2D eigenvalue weighted by Crippen LogP contribution is -2.32. The third-order valence-electron chi connectivity index (χ3n) is 6.21. The normalized spacial score (nSPS) is 18.6. The van der Waals surface area contributed by atoms with Gasteiger partial charge in [0.25, 0.3) is 0 Å². The lowest BCUT2D eigenvalue weighted by Gasteiger charge is -2.29. The smallest absolute Gasteiger partial charge is 0.156 e. The summed E-state index contributed by atoms with van der Waals surface area (Å²) < 4.78 is 19.3. The summed E-state index contributed by atoms with van der Waals surface area (Å²) in [5.41, 5.74) is 1.85. The Morgan fingerprint density at radius 3 is 2.73 bits per heavy atom. The number of nitrogens with zero attached hydrogens (tertiary/aromatic N) is 4. The van der Waals surface area contributed by atoms with Gasteiger partial charge in [-0.05, 0) is 57.6 Å². The summed E-state index contributed by atoms with van der Waals surface area (Å²) in [4.78, 5) is 16.1. The molecule has 4 heterocycles. The third kappa shape index (κ3) is 5.77. The molecule has 0 unspecified atom stereocenters. The number of benzene rings is 1. The van der Waals surface area contributed by atoms with Crippen molar-refractivity contribution in [3.63, 3.8) is 0 Å². The molecule has 0 aliphatic carbocycles. The molecule has 2 saturated heterocycles. The Labute approximate surface area is 202 Å². The van der Waals surface area contributed by atoms with Crippen LogP contribution in [0.3, 0.4) is 0 Å². The van der Waals surface area contributed by atoms with E-state index in [1.54, 1.807) is 29.4 Å². The Balaban J connectivity index is 1.43. The van der Waals surface area contributed by atoms with Crippen molar-refractivity contribution < 1.29 is 14.2 Å². The second-order valence-corrected chi connectivity index (χ2v) is 10.9. The number of fused-ring (bicyclic) bond motifs is 1. The average Bonchev–Trinajstić information content (AvgIpc) is 3.24. The van der Waals surface area contributed by atoms with Gasteiger partial charge in [-0.25, -0.2) is 15.0 Å². The van der Waals surface area contributed by atoms with Crippen LogP contribution in [0.15, 0.2) is 33.2 Å². The molecule has 0 spiro atoms. The van der Waals surface area contributed by atoms with Crippen molar-refractivity contribution in [2.75, 3.05) is 40.0 Å². The summed E-state index contributed by atoms with van der Waals surface area (Å²) in [6.45, 7) is 6.45. The van der Waals surface area contributed by atoms with Crippen LogP contribution in [0.5, 0.6) is 11.5 Å². The van der Waals surface area contributed by atoms with Gasteiger partial charge in [-0.3, -0.25) is 0 Å². The van der Waals surface area contributed by atoms with Crippen LogP contribution in [-0.2, 0) is 4.74 Å². The molecule has 2 aliphatic rings. The molecule has 0 saturated carbocycles. The number of aromatic nitrogens is 3. The van der Waals surface area contributed by atoms with E-state index in [1.165, 1.54) is 12.8 Å². The van der Waals surface area contributed by atoms with Gasteiger partial charge in [0, 0.05) is 36.0 Å². The van der Waals surface area contributed by atoms with Crippen LogP contribution in [0.4, 0.5) is 0 Å². The maximum atomic E-state index is 6.52. The highest BCUT2D eigenvalue weighted by Gasteiger charge is 2.22. The SMILES string of the molecule is Cc1csc(Sc2ncnc3cc(OCC4CCN(C)CC4)cc(OC4CCOCC4)c23)n1. The van der Waals surface area contributed by atoms with Gasteiger partial charge < -0.3 is 19.1 Å². The highest BCUT2D eigenvalue weighted by atomic mass is 32.2. The topological polar surface area (TPSA) is 69.6 Å². The first-order chi connectivity index (χ1) is 16.1. The average molecular weight is 487 g/mol. The van der Waals surface area contributed by atoms with E-state index in [0.29, 0.717) is 5.92 Å². The Morgan fingerprint density at radius 1 is 1.15 bits per heavy atom. The van der Waals surface area contributed by atoms with Gasteiger partial charge in [-0.15, -0.1) is 11.3 Å². The first-order valence-electron chi connectivity index (χ1n) is 11.6. The standard InChI is InChI=1S/C24H30N4O3S2/c1-16-14-32-24(27-16)33-23-22-20(25-15-26-23)11-19(30-13-17-3-7-28(2)8-4-17)12-21(22)31-18-5-9-29-10-6-18/h11-12,14-15,17-18H,3-10,13H2,1-2H3. The van der Waals surface area contributed by atoms with E-state index in [-0.39, 0.29) is 6.10 Å². The number of likely N-dealkylation sites (tertiary alicyclic amines) is 1. The summed E-state index contributed by atoms with van der Waals surface area (Å²) in [7, 11) is 2.18. The highest BCUT2D eigenvalue weighted by molar-refractivity contribution is 8.01. The number of piperidine rings is 1. The highest BCUT2D eigenvalue weighted by Crippen LogP contribution is 2.40. The molecule has 2 aromatic heterocycles. The molecule has 3 aromatic rings. The Hall–Kier alpha value is -1.94. The van der Waals surface area contributed by atoms with Crippen molar-refractivity contribution in [3.05, 3.63) is 29.5 Å². The van der Waals surface area contributed by atoms with Gasteiger partial charge in [-0.1, -0.05) is 0 Å². The predicted octanol–water partition coefficient (Wildman–Crippen LogP) is 4.82. The monoisotopic (exact) mass is 486 g/mol. The van der Waals surface area contributed by atoms with Crippen LogP contribution in [0.1, 0.15) is 31.4 Å². The van der Waals surface area contributed by atoms with Gasteiger partial charge in [0.15, 0.2) is 4.34 Å². The quantitative estimate of drug-likeness (QED) is 0.440. The fourth-order valence-corrected chi connectivity index (χ4v) is 6.09. The number of hydrogen-bond acceptors (Lipinski definition) is 9. The molecule has 0 bridgehead atoms. The van der Waals surface area contributed by atoms with Crippen molar-refractivity contribution in [1.82, 2.24) is 19.9 Å². The molecule has 5 rings (SSSR count). The van der Waals surface area contributed by atoms with Crippen LogP contribution in [0, 0.1) is 12.8 Å². The molecule has 2 fully saturated rings. The van der Waals surface area contributed by atoms with Crippen LogP contribution in [0.25, 0.3) is 10.9 Å². The van der Waals surface area contributed by atoms with Crippen LogP contribution in [0.2, 0.25) is 0 Å². The Morgan fingerprint density at radius 2 is 1.97 bits per heavy atom. The zero-order valence-electron chi connectivity index (χ0n) is 19.2. The summed E-state index contributed by atoms with van der Waals surface area (Å²) in [6.07, 6.45) is 5.83. The van der Waals surface area contributed by atoms with Crippen molar-refractivity contribution >= 4 is 34.0 Å². The predicted molar refractivity (Wildman–Crippen MR) is 131 cm³/mol. The molecule has 0 atom stereocenters. The zero-order valence-corrected chi connectivity index (χ0v) is 20.8. The lowest BCUT2D eigenvalue weighted by atomic mass is 9.98. The van der Waals surface area contributed by atoms with Crippen molar-refractivity contribution in [3.8, 4) is 11.5 Å². The number of thiazole rings is 1. The maximum absolute atomic E-state index is 6.52. The van der Waals surface area contributed by atoms with Crippen molar-refractivity contribution in [1.29, 1.82) is 0 Å². The van der Waals surface area contributed by atoms with Gasteiger partial charge in [0.05, 0.1) is 30.7 Å². The molecule has 0 N–H and O–H groups in total. The fraction of sp³-hybridized carbons (Fsp3) is 0.542. The minimum absolute atomic E-state index is 0.117. The van der Waals surface area contributed by atoms with E-state index in [2.05, 4.69) is 32.3 Å². The molecule has 0 radical (unpaired) electrons. The van der Waals surface area contributed by atoms with E-state index in [9.17, 15) is 0 Å². The van der Waals surface area contributed by atoms with Crippen LogP contribution >= 0.6 is 23.1 Å². The molecule has 2 aliphatic heterocycles. The number of rotatable bonds is 7. The number of hydrogen-bond donors (Lipinski definition) is 0. The van der Waals surface area contributed by atoms with E-state index in [1.807, 2.05) is 19.1 Å². The van der Waals surface area contributed by atoms with Gasteiger partial charge in [-0.2, -0.15) is 0 Å². The molecule has 33 heavy (non-hydrogen) atoms. The van der Waals surface area contributed by atoms with Crippen molar-refractivity contribution in [2.45, 2.75) is 48.1 Å². The Bertz CT molecular complexity index is 1080. The van der Waals surface area contributed by atoms with Crippen molar-refractivity contribution in [2.24, 2.45) is 5.92 Å². The molecule has 176 valence electrons. The Kier molecular flexibility index (Phi) is 7.30. The minimum atomic E-state index is 0.117. The summed E-state index contributed by atoms with van der Waals surface area (Å²) in [5.74, 6) is 2.18. The van der Waals surface area contributed by atoms with Crippen LogP contribution in [-0.4, -0.2) is 65.9 Å². The van der Waals surface area contributed by atoms with Gasteiger partial charge >= 0.3 is 0 Å². The lowest BCUT2D eigenvalue weighted by molar-refractivity contribution is 0.0260. The molecular weight excluding hydrogens is 456 g/mol. The number of ether oxygens (including phenoxy) is 3. The molecule has 0 amide bonds. The largest absolute Gasteiger partial charge is 0.493 e. The second-order valence-electron chi connectivity index (χ2n) is 8.84. The summed E-state index contributed by atoms with van der Waals surface area (Å²) >= 11 is 3.19. The molecule has 1 aromatic carbocycles. The zero-order chi connectivity index (χ0) is 22.6. The third-order valence-corrected chi connectivity index (χ3v) is 8.27. The second kappa shape index (κ2) is 10.5. The van der Waals surface area contributed by atoms with Gasteiger partial charge in [0.2, 0.25) is 0 Å². The molecular formula is C24H30N4O3S2. The van der Waals surface area contributed by atoms with E-state index >= 15 is 0 Å². The number of aryl methyl sites for hydroxylation is 1. The maximum Gasteiger partial charge on any atom is 0.156 e. The first kappa shape index (κ1) is 22.8. The first-order valence-corrected chi connectivity index (χ1v) is 13.3. The minimum Gasteiger partial charge on any atom is -0.493 e. The van der Waals surface area contributed by atoms with Gasteiger partial charge in [0.1, 0.15) is 29.0 Å². The molecule has 9 heteroatoms. The molecule has 7 nitrogen and oxygen atoms in total.